The van der Waals surface area contributed by atoms with Gasteiger partial charge >= 0.3 is 5.97 Å². The highest BCUT2D eigenvalue weighted by Crippen LogP contribution is 2.10. The lowest BCUT2D eigenvalue weighted by molar-refractivity contribution is 0.0696. The van der Waals surface area contributed by atoms with Gasteiger partial charge in [-0.1, -0.05) is 30.3 Å². The van der Waals surface area contributed by atoms with Gasteiger partial charge in [-0.2, -0.15) is 0 Å². The fraction of sp³-hybridized carbons (Fsp3) is 0.200. The van der Waals surface area contributed by atoms with Gasteiger partial charge in [-0.25, -0.2) is 9.78 Å². The van der Waals surface area contributed by atoms with E-state index >= 15 is 0 Å². The van der Waals surface area contributed by atoms with Crippen LogP contribution in [0.4, 0.5) is 5.82 Å². The first-order valence-electron chi connectivity index (χ1n) is 6.11. The van der Waals surface area contributed by atoms with Crippen molar-refractivity contribution >= 4 is 11.8 Å². The SMILES string of the molecule is CN(CCc1ccccc1)c1ccc(C(=O)O)cn1. The molecule has 1 heterocycles. The number of carboxylic acid groups (broad SMARTS) is 1. The highest BCUT2D eigenvalue weighted by Gasteiger charge is 2.06. The Bertz CT molecular complexity index is 538. The van der Waals surface area contributed by atoms with Crippen molar-refractivity contribution in [1.82, 2.24) is 4.98 Å². The highest BCUT2D eigenvalue weighted by molar-refractivity contribution is 5.87. The van der Waals surface area contributed by atoms with Crippen LogP contribution in [0, 0.1) is 0 Å². The minimum Gasteiger partial charge on any atom is -0.478 e. The second kappa shape index (κ2) is 6.00. The van der Waals surface area contributed by atoms with Crippen LogP contribution in [0.1, 0.15) is 15.9 Å². The van der Waals surface area contributed by atoms with Crippen molar-refractivity contribution in [3.8, 4) is 0 Å². The molecule has 0 saturated heterocycles. The molecule has 0 saturated carbocycles. The molecule has 0 radical (unpaired) electrons. The van der Waals surface area contributed by atoms with Crippen molar-refractivity contribution in [1.29, 1.82) is 0 Å². The van der Waals surface area contributed by atoms with Gasteiger partial charge in [-0.15, -0.1) is 0 Å². The number of carbonyl (C=O) groups is 1. The molecule has 0 aliphatic heterocycles. The molecule has 4 heteroatoms. The van der Waals surface area contributed by atoms with Gasteiger partial charge in [0.1, 0.15) is 5.82 Å². The van der Waals surface area contributed by atoms with Gasteiger partial charge in [0.2, 0.25) is 0 Å². The number of hydrogen-bond donors (Lipinski definition) is 1. The van der Waals surface area contributed by atoms with Crippen molar-refractivity contribution in [2.75, 3.05) is 18.5 Å². The Morgan fingerprint density at radius 1 is 1.21 bits per heavy atom. The number of nitrogens with zero attached hydrogens (tertiary/aromatic N) is 2. The van der Waals surface area contributed by atoms with Crippen LogP contribution in [-0.2, 0) is 6.42 Å². The Kier molecular flexibility index (Phi) is 4.13. The summed E-state index contributed by atoms with van der Waals surface area (Å²) >= 11 is 0. The van der Waals surface area contributed by atoms with Gasteiger partial charge < -0.3 is 10.0 Å². The average Bonchev–Trinajstić information content (AvgIpc) is 2.46. The molecule has 19 heavy (non-hydrogen) atoms. The molecule has 0 fully saturated rings. The van der Waals surface area contributed by atoms with E-state index in [1.54, 1.807) is 12.1 Å². The fourth-order valence-electron chi connectivity index (χ4n) is 1.79. The largest absolute Gasteiger partial charge is 0.478 e. The fourth-order valence-corrected chi connectivity index (χ4v) is 1.79. The number of hydrogen-bond acceptors (Lipinski definition) is 3. The maximum absolute atomic E-state index is 10.7. The lowest BCUT2D eigenvalue weighted by Crippen LogP contribution is -2.21. The molecule has 98 valence electrons. The van der Waals surface area contributed by atoms with E-state index in [4.69, 9.17) is 5.11 Å². The molecular weight excluding hydrogens is 240 g/mol. The molecule has 0 bridgehead atoms. The first kappa shape index (κ1) is 13.1. The first-order chi connectivity index (χ1) is 9.16. The molecule has 0 aliphatic carbocycles. The molecule has 0 spiro atoms. The van der Waals surface area contributed by atoms with Crippen molar-refractivity contribution in [3.63, 3.8) is 0 Å². The maximum Gasteiger partial charge on any atom is 0.337 e. The molecule has 0 unspecified atom stereocenters. The Morgan fingerprint density at radius 3 is 2.53 bits per heavy atom. The van der Waals surface area contributed by atoms with Crippen LogP contribution in [0.5, 0.6) is 0 Å². The quantitative estimate of drug-likeness (QED) is 0.892. The topological polar surface area (TPSA) is 53.4 Å². The summed E-state index contributed by atoms with van der Waals surface area (Å²) < 4.78 is 0. The van der Waals surface area contributed by atoms with E-state index in [2.05, 4.69) is 17.1 Å². The van der Waals surface area contributed by atoms with E-state index in [1.165, 1.54) is 11.8 Å². The van der Waals surface area contributed by atoms with Gasteiger partial charge in [0.05, 0.1) is 5.56 Å². The number of aromatic carboxylic acids is 1. The lowest BCUT2D eigenvalue weighted by Gasteiger charge is -2.18. The van der Waals surface area contributed by atoms with Crippen LogP contribution in [0.2, 0.25) is 0 Å². The van der Waals surface area contributed by atoms with Crippen LogP contribution in [-0.4, -0.2) is 29.7 Å². The maximum atomic E-state index is 10.7. The number of aromatic nitrogens is 1. The molecule has 1 aromatic carbocycles. The molecule has 0 aliphatic rings. The zero-order valence-electron chi connectivity index (χ0n) is 10.8. The molecular formula is C15H16N2O2. The Labute approximate surface area is 112 Å². The molecule has 1 aromatic heterocycles. The minimum atomic E-state index is -0.953. The van der Waals surface area contributed by atoms with E-state index in [9.17, 15) is 4.79 Å². The van der Waals surface area contributed by atoms with Crippen LogP contribution >= 0.6 is 0 Å². The predicted octanol–water partition coefficient (Wildman–Crippen LogP) is 2.46. The summed E-state index contributed by atoms with van der Waals surface area (Å²) in [5.74, 6) is -0.174. The average molecular weight is 256 g/mol. The summed E-state index contributed by atoms with van der Waals surface area (Å²) in [7, 11) is 1.95. The summed E-state index contributed by atoms with van der Waals surface area (Å²) in [5.41, 5.74) is 1.48. The number of carboxylic acids is 1. The van der Waals surface area contributed by atoms with Crippen LogP contribution in [0.15, 0.2) is 48.7 Å². The molecule has 2 aromatic rings. The van der Waals surface area contributed by atoms with E-state index in [1.807, 2.05) is 30.1 Å². The standard InChI is InChI=1S/C15H16N2O2/c1-17(10-9-12-5-3-2-4-6-12)14-8-7-13(11-16-14)15(18)19/h2-8,11H,9-10H2,1H3,(H,18,19). The Hall–Kier alpha value is -2.36. The second-order valence-corrected chi connectivity index (χ2v) is 4.37. The predicted molar refractivity (Wildman–Crippen MR) is 74.6 cm³/mol. The van der Waals surface area contributed by atoms with E-state index in [0.29, 0.717) is 0 Å². The monoisotopic (exact) mass is 256 g/mol. The van der Waals surface area contributed by atoms with Gasteiger partial charge in [-0.05, 0) is 24.1 Å². The normalized spacial score (nSPS) is 10.2. The third-order valence-corrected chi connectivity index (χ3v) is 2.96. The third-order valence-electron chi connectivity index (χ3n) is 2.96. The molecule has 1 N–H and O–H groups in total. The second-order valence-electron chi connectivity index (χ2n) is 4.37. The third kappa shape index (κ3) is 3.55. The van der Waals surface area contributed by atoms with Crippen LogP contribution in [0.3, 0.4) is 0 Å². The highest BCUT2D eigenvalue weighted by atomic mass is 16.4. The van der Waals surface area contributed by atoms with E-state index in [-0.39, 0.29) is 5.56 Å². The molecule has 2 rings (SSSR count). The van der Waals surface area contributed by atoms with Crippen LogP contribution < -0.4 is 4.90 Å². The smallest absolute Gasteiger partial charge is 0.337 e. The number of benzene rings is 1. The van der Waals surface area contributed by atoms with Crippen molar-refractivity contribution < 1.29 is 9.90 Å². The summed E-state index contributed by atoms with van der Waals surface area (Å²) in [5, 5.41) is 8.81. The summed E-state index contributed by atoms with van der Waals surface area (Å²) in [6, 6.07) is 13.5. The lowest BCUT2D eigenvalue weighted by atomic mass is 10.1. The van der Waals surface area contributed by atoms with Crippen molar-refractivity contribution in [2.45, 2.75) is 6.42 Å². The van der Waals surface area contributed by atoms with E-state index in [0.717, 1.165) is 18.8 Å². The van der Waals surface area contributed by atoms with Crippen molar-refractivity contribution in [2.24, 2.45) is 0 Å². The summed E-state index contributed by atoms with van der Waals surface area (Å²) in [4.78, 5) is 16.9. The van der Waals surface area contributed by atoms with Gasteiger partial charge in [0, 0.05) is 19.8 Å². The molecule has 0 amide bonds. The van der Waals surface area contributed by atoms with Gasteiger partial charge in [-0.3, -0.25) is 0 Å². The minimum absolute atomic E-state index is 0.209. The molecule has 4 nitrogen and oxygen atoms in total. The Balaban J connectivity index is 1.96. The summed E-state index contributed by atoms with van der Waals surface area (Å²) in [6.45, 7) is 0.837. The van der Waals surface area contributed by atoms with Crippen LogP contribution in [0.25, 0.3) is 0 Å². The van der Waals surface area contributed by atoms with Crippen molar-refractivity contribution in [3.05, 3.63) is 59.8 Å². The number of anilines is 1. The number of pyridine rings is 1. The first-order valence-corrected chi connectivity index (χ1v) is 6.11. The number of rotatable bonds is 5. The van der Waals surface area contributed by atoms with Gasteiger partial charge in [0.25, 0.3) is 0 Å². The van der Waals surface area contributed by atoms with E-state index < -0.39 is 5.97 Å². The molecule has 0 atom stereocenters. The summed E-state index contributed by atoms with van der Waals surface area (Å²) in [6.07, 6.45) is 2.32. The zero-order chi connectivity index (χ0) is 13.7. The Morgan fingerprint density at radius 2 is 1.95 bits per heavy atom. The van der Waals surface area contributed by atoms with Gasteiger partial charge in [0.15, 0.2) is 0 Å². The zero-order valence-corrected chi connectivity index (χ0v) is 10.8. The number of likely N-dealkylation sites (N-methyl/N-ethyl adjacent to an activating group) is 1.